The lowest BCUT2D eigenvalue weighted by Gasteiger charge is -2.39. The molecule has 0 spiro atoms. The highest BCUT2D eigenvalue weighted by Gasteiger charge is 2.49. The number of hydrogen-bond donors (Lipinski definition) is 0. The molecule has 2 aromatic carbocycles. The number of carbonyl (C=O) groups is 1. The first-order valence-corrected chi connectivity index (χ1v) is 10.8. The first-order chi connectivity index (χ1) is 14.9. The van der Waals surface area contributed by atoms with E-state index in [2.05, 4.69) is 30.1 Å². The molecule has 160 valence electrons. The van der Waals surface area contributed by atoms with E-state index in [1.807, 2.05) is 41.3 Å². The van der Waals surface area contributed by atoms with Crippen LogP contribution in [0.3, 0.4) is 0 Å². The van der Waals surface area contributed by atoms with Crippen molar-refractivity contribution in [1.29, 1.82) is 0 Å². The monoisotopic (exact) mass is 417 g/mol. The zero-order valence-corrected chi connectivity index (χ0v) is 18.4. The minimum Gasteiger partial charge on any atom is -0.421 e. The van der Waals surface area contributed by atoms with Crippen molar-refractivity contribution in [2.24, 2.45) is 5.92 Å². The van der Waals surface area contributed by atoms with Gasteiger partial charge in [-0.15, -0.1) is 10.2 Å². The highest BCUT2D eigenvalue weighted by molar-refractivity contribution is 6.04. The average Bonchev–Trinajstić information content (AvgIpc) is 3.41. The molecule has 5 rings (SSSR count). The first-order valence-electron chi connectivity index (χ1n) is 10.8. The Morgan fingerprint density at radius 1 is 1.10 bits per heavy atom. The van der Waals surface area contributed by atoms with E-state index in [1.54, 1.807) is 14.0 Å². The van der Waals surface area contributed by atoms with Gasteiger partial charge in [0, 0.05) is 26.1 Å². The van der Waals surface area contributed by atoms with Gasteiger partial charge in [-0.3, -0.25) is 4.79 Å². The Morgan fingerprint density at radius 3 is 2.42 bits per heavy atom. The number of carbonyl (C=O) groups excluding carboxylic acids is 1. The van der Waals surface area contributed by atoms with Gasteiger partial charge in [0.15, 0.2) is 0 Å². The minimum atomic E-state index is -0.386. The molecule has 3 aromatic rings. The lowest BCUT2D eigenvalue weighted by Crippen LogP contribution is -2.52. The van der Waals surface area contributed by atoms with E-state index in [1.165, 1.54) is 0 Å². The number of amides is 1. The highest BCUT2D eigenvalue weighted by atomic mass is 16.5. The van der Waals surface area contributed by atoms with Crippen LogP contribution in [0.1, 0.15) is 48.5 Å². The number of rotatable bonds is 6. The molecule has 0 bridgehead atoms. The molecule has 1 saturated carbocycles. The third kappa shape index (κ3) is 3.45. The van der Waals surface area contributed by atoms with E-state index in [-0.39, 0.29) is 17.6 Å². The van der Waals surface area contributed by atoms with E-state index in [4.69, 9.17) is 9.15 Å². The fourth-order valence-corrected chi connectivity index (χ4v) is 4.78. The zero-order chi connectivity index (χ0) is 21.8. The lowest BCUT2D eigenvalue weighted by atomic mass is 9.92. The summed E-state index contributed by atoms with van der Waals surface area (Å²) in [4.78, 5) is 15.7. The van der Waals surface area contributed by atoms with Gasteiger partial charge in [-0.05, 0) is 61.4 Å². The molecule has 1 amide bonds. The molecule has 0 unspecified atom stereocenters. The van der Waals surface area contributed by atoms with E-state index < -0.39 is 0 Å². The lowest BCUT2D eigenvalue weighted by molar-refractivity contribution is -0.0532. The molecule has 1 aliphatic heterocycles. The smallest absolute Gasteiger partial charge is 0.255 e. The van der Waals surface area contributed by atoms with Crippen molar-refractivity contribution >= 4 is 5.91 Å². The summed E-state index contributed by atoms with van der Waals surface area (Å²) < 4.78 is 11.3. The predicted octanol–water partition coefficient (Wildman–Crippen LogP) is 4.87. The van der Waals surface area contributed by atoms with E-state index in [0.717, 1.165) is 40.7 Å². The summed E-state index contributed by atoms with van der Waals surface area (Å²) in [5, 5.41) is 7.98. The van der Waals surface area contributed by atoms with Crippen molar-refractivity contribution < 1.29 is 13.9 Å². The molecule has 1 atom stereocenters. The van der Waals surface area contributed by atoms with E-state index >= 15 is 0 Å². The third-order valence-corrected chi connectivity index (χ3v) is 6.58. The molecule has 0 saturated heterocycles. The van der Waals surface area contributed by atoms with Gasteiger partial charge in [-0.1, -0.05) is 30.3 Å². The van der Waals surface area contributed by atoms with Gasteiger partial charge in [-0.25, -0.2) is 0 Å². The van der Waals surface area contributed by atoms with Gasteiger partial charge in [0.05, 0.1) is 17.2 Å². The maximum atomic E-state index is 13.7. The van der Waals surface area contributed by atoms with Gasteiger partial charge >= 0.3 is 0 Å². The Labute approximate surface area is 182 Å². The molecular formula is C25H27N3O3. The molecule has 2 aliphatic rings. The average molecular weight is 418 g/mol. The van der Waals surface area contributed by atoms with Crippen LogP contribution in [-0.4, -0.2) is 39.8 Å². The number of fused-ring (bicyclic) bond motifs is 1. The molecule has 1 fully saturated rings. The standard InChI is InChI=1S/C25H27N3O3/c1-15-26-27-23(31-15)18-12-8-16(9-13-18)20-7-5-6-19-14-28(24(29)21(19)20)22(17-10-11-17)25(2,3)30-4/h5-9,12-13,17,22H,10-11,14H2,1-4H3/t22-/m1/s1. The van der Waals surface area contributed by atoms with Crippen LogP contribution in [-0.2, 0) is 11.3 Å². The summed E-state index contributed by atoms with van der Waals surface area (Å²) in [5.74, 6) is 1.64. The summed E-state index contributed by atoms with van der Waals surface area (Å²) in [7, 11) is 1.74. The van der Waals surface area contributed by atoms with Crippen molar-refractivity contribution in [2.45, 2.75) is 51.8 Å². The number of hydrogen-bond acceptors (Lipinski definition) is 5. The van der Waals surface area contributed by atoms with Crippen molar-refractivity contribution in [3.63, 3.8) is 0 Å². The quantitative estimate of drug-likeness (QED) is 0.572. The molecule has 1 aromatic heterocycles. The second-order valence-corrected chi connectivity index (χ2v) is 9.07. The number of aryl methyl sites for hydroxylation is 1. The minimum absolute atomic E-state index is 0.0772. The maximum Gasteiger partial charge on any atom is 0.255 e. The Hall–Kier alpha value is -2.99. The van der Waals surface area contributed by atoms with Gasteiger partial charge in [-0.2, -0.15) is 0 Å². The fraction of sp³-hybridized carbons (Fsp3) is 0.400. The van der Waals surface area contributed by atoms with Crippen LogP contribution in [0.4, 0.5) is 0 Å². The zero-order valence-electron chi connectivity index (χ0n) is 18.4. The first kappa shape index (κ1) is 19.9. The molecule has 31 heavy (non-hydrogen) atoms. The fourth-order valence-electron chi connectivity index (χ4n) is 4.78. The Kier molecular flexibility index (Phi) is 4.70. The number of aromatic nitrogens is 2. The van der Waals surface area contributed by atoms with Crippen LogP contribution in [0.2, 0.25) is 0 Å². The largest absolute Gasteiger partial charge is 0.421 e. The van der Waals surface area contributed by atoms with Crippen molar-refractivity contribution in [3.05, 3.63) is 59.5 Å². The summed E-state index contributed by atoms with van der Waals surface area (Å²) in [6.45, 7) is 6.58. The number of ether oxygens (including phenoxy) is 1. The normalized spacial score (nSPS) is 17.2. The molecule has 6 heteroatoms. The summed E-state index contributed by atoms with van der Waals surface area (Å²) >= 11 is 0. The highest BCUT2D eigenvalue weighted by Crippen LogP contribution is 2.45. The number of nitrogens with zero attached hydrogens (tertiary/aromatic N) is 3. The van der Waals surface area contributed by atoms with E-state index in [9.17, 15) is 4.79 Å². The number of methoxy groups -OCH3 is 1. The molecule has 6 nitrogen and oxygen atoms in total. The predicted molar refractivity (Wildman–Crippen MR) is 117 cm³/mol. The van der Waals surface area contributed by atoms with Crippen molar-refractivity contribution in [3.8, 4) is 22.6 Å². The van der Waals surface area contributed by atoms with Gasteiger partial charge in [0.25, 0.3) is 5.91 Å². The number of benzene rings is 2. The topological polar surface area (TPSA) is 68.5 Å². The summed E-state index contributed by atoms with van der Waals surface area (Å²) in [6.07, 6.45) is 2.31. The van der Waals surface area contributed by atoms with Gasteiger partial charge < -0.3 is 14.1 Å². The molecule has 2 heterocycles. The third-order valence-electron chi connectivity index (χ3n) is 6.58. The van der Waals surface area contributed by atoms with Crippen molar-refractivity contribution in [2.75, 3.05) is 7.11 Å². The van der Waals surface area contributed by atoms with Crippen LogP contribution in [0, 0.1) is 12.8 Å². The van der Waals surface area contributed by atoms with Gasteiger partial charge in [0.1, 0.15) is 0 Å². The molecule has 0 N–H and O–H groups in total. The summed E-state index contributed by atoms with van der Waals surface area (Å²) in [5.41, 5.74) is 4.32. The van der Waals surface area contributed by atoms with Crippen LogP contribution >= 0.6 is 0 Å². The second-order valence-electron chi connectivity index (χ2n) is 9.07. The molecule has 0 radical (unpaired) electrons. The van der Waals surface area contributed by atoms with Crippen molar-refractivity contribution in [1.82, 2.24) is 15.1 Å². The van der Waals surface area contributed by atoms with Crippen LogP contribution < -0.4 is 0 Å². The van der Waals surface area contributed by atoms with Crippen LogP contribution in [0.5, 0.6) is 0 Å². The SMILES string of the molecule is COC(C)(C)[C@@H](C1CC1)N1Cc2cccc(-c3ccc(-c4nnc(C)o4)cc3)c2C1=O. The molecule has 1 aliphatic carbocycles. The Morgan fingerprint density at radius 2 is 1.81 bits per heavy atom. The van der Waals surface area contributed by atoms with E-state index in [0.29, 0.717) is 24.2 Å². The second kappa shape index (κ2) is 7.31. The molecular weight excluding hydrogens is 390 g/mol. The Balaban J connectivity index is 1.49. The Bertz CT molecular complexity index is 1130. The van der Waals surface area contributed by atoms with Crippen LogP contribution in [0.25, 0.3) is 22.6 Å². The summed E-state index contributed by atoms with van der Waals surface area (Å²) in [6, 6.07) is 14.1. The maximum absolute atomic E-state index is 13.7. The van der Waals surface area contributed by atoms with Gasteiger partial charge in [0.2, 0.25) is 11.8 Å². The van der Waals surface area contributed by atoms with Crippen LogP contribution in [0.15, 0.2) is 46.9 Å².